The third-order valence-electron chi connectivity index (χ3n) is 2.38. The number of likely N-dealkylation sites (tertiary alicyclic amines) is 1. The van der Waals surface area contributed by atoms with Crippen molar-refractivity contribution in [1.82, 2.24) is 10.2 Å². The van der Waals surface area contributed by atoms with Gasteiger partial charge in [0.2, 0.25) is 11.8 Å². The van der Waals surface area contributed by atoms with Crippen LogP contribution in [0.2, 0.25) is 0 Å². The Morgan fingerprint density at radius 3 is 2.93 bits per heavy atom. The first-order valence-electron chi connectivity index (χ1n) is 5.28. The smallest absolute Gasteiger partial charge is 0.239 e. The number of hydrogen-bond acceptors (Lipinski definition) is 2. The van der Waals surface area contributed by atoms with Gasteiger partial charge < -0.3 is 10.2 Å². The molecule has 14 heavy (non-hydrogen) atoms. The lowest BCUT2D eigenvalue weighted by molar-refractivity contribution is -0.135. The molecule has 1 heterocycles. The molecule has 4 heteroatoms. The van der Waals surface area contributed by atoms with E-state index >= 15 is 0 Å². The van der Waals surface area contributed by atoms with Crippen LogP contribution in [-0.2, 0) is 9.59 Å². The molecule has 0 radical (unpaired) electrons. The van der Waals surface area contributed by atoms with Crippen molar-refractivity contribution in [3.05, 3.63) is 0 Å². The SMILES string of the molecule is CCNC(=O)CN1CCCCCC1=O. The van der Waals surface area contributed by atoms with Gasteiger partial charge in [-0.3, -0.25) is 9.59 Å². The van der Waals surface area contributed by atoms with Crippen LogP contribution >= 0.6 is 0 Å². The van der Waals surface area contributed by atoms with Crippen LogP contribution in [0.25, 0.3) is 0 Å². The van der Waals surface area contributed by atoms with E-state index in [9.17, 15) is 9.59 Å². The summed E-state index contributed by atoms with van der Waals surface area (Å²) in [4.78, 5) is 24.4. The average Bonchev–Trinajstić information content (AvgIpc) is 2.33. The Morgan fingerprint density at radius 2 is 2.21 bits per heavy atom. The number of nitrogens with one attached hydrogen (secondary N) is 1. The molecule has 0 unspecified atom stereocenters. The fraction of sp³-hybridized carbons (Fsp3) is 0.800. The van der Waals surface area contributed by atoms with E-state index in [1.807, 2.05) is 6.92 Å². The summed E-state index contributed by atoms with van der Waals surface area (Å²) in [5.74, 6) is 0.0662. The number of rotatable bonds is 3. The molecular formula is C10H18N2O2. The summed E-state index contributed by atoms with van der Waals surface area (Å²) in [5.41, 5.74) is 0. The minimum atomic E-state index is -0.0530. The van der Waals surface area contributed by atoms with Crippen LogP contribution in [0.15, 0.2) is 0 Å². The molecule has 1 aliphatic rings. The number of nitrogens with zero attached hydrogens (tertiary/aromatic N) is 1. The first kappa shape index (κ1) is 11.0. The Balaban J connectivity index is 2.40. The fourth-order valence-corrected chi connectivity index (χ4v) is 1.63. The lowest BCUT2D eigenvalue weighted by Crippen LogP contribution is -2.40. The van der Waals surface area contributed by atoms with E-state index in [1.165, 1.54) is 0 Å². The van der Waals surface area contributed by atoms with Gasteiger partial charge >= 0.3 is 0 Å². The summed E-state index contributed by atoms with van der Waals surface area (Å²) in [5, 5.41) is 2.70. The minimum Gasteiger partial charge on any atom is -0.355 e. The topological polar surface area (TPSA) is 49.4 Å². The Bertz CT molecular complexity index is 216. The normalized spacial score (nSPS) is 17.8. The van der Waals surface area contributed by atoms with Crippen molar-refractivity contribution >= 4 is 11.8 Å². The molecule has 0 atom stereocenters. The molecule has 1 rings (SSSR count). The molecule has 2 amide bonds. The quantitative estimate of drug-likeness (QED) is 0.719. The largest absolute Gasteiger partial charge is 0.355 e. The van der Waals surface area contributed by atoms with Gasteiger partial charge in [-0.05, 0) is 19.8 Å². The highest BCUT2D eigenvalue weighted by Crippen LogP contribution is 2.10. The lowest BCUT2D eigenvalue weighted by atomic mass is 10.2. The third-order valence-corrected chi connectivity index (χ3v) is 2.38. The Kier molecular flexibility index (Phi) is 4.43. The van der Waals surface area contributed by atoms with Crippen molar-refractivity contribution in [2.75, 3.05) is 19.6 Å². The number of hydrogen-bond donors (Lipinski definition) is 1. The van der Waals surface area contributed by atoms with Gasteiger partial charge in [-0.1, -0.05) is 6.42 Å². The van der Waals surface area contributed by atoms with Crippen LogP contribution in [0.5, 0.6) is 0 Å². The Morgan fingerprint density at radius 1 is 1.43 bits per heavy atom. The van der Waals surface area contributed by atoms with Crippen molar-refractivity contribution in [2.24, 2.45) is 0 Å². The maximum Gasteiger partial charge on any atom is 0.239 e. The molecule has 0 bridgehead atoms. The Labute approximate surface area is 84.7 Å². The molecule has 0 aromatic carbocycles. The van der Waals surface area contributed by atoms with Gasteiger partial charge in [0, 0.05) is 19.5 Å². The van der Waals surface area contributed by atoms with E-state index in [0.717, 1.165) is 25.8 Å². The molecule has 80 valence electrons. The number of carbonyl (C=O) groups excluding carboxylic acids is 2. The Hall–Kier alpha value is -1.06. The average molecular weight is 198 g/mol. The van der Waals surface area contributed by atoms with Gasteiger partial charge in [-0.2, -0.15) is 0 Å². The summed E-state index contributed by atoms with van der Waals surface area (Å²) in [6.07, 6.45) is 3.67. The van der Waals surface area contributed by atoms with Crippen molar-refractivity contribution in [2.45, 2.75) is 32.6 Å². The van der Waals surface area contributed by atoms with Crippen LogP contribution in [0.1, 0.15) is 32.6 Å². The van der Waals surface area contributed by atoms with Crippen LogP contribution in [0.3, 0.4) is 0 Å². The number of carbonyl (C=O) groups is 2. The first-order valence-corrected chi connectivity index (χ1v) is 5.28. The standard InChI is InChI=1S/C10H18N2O2/c1-2-11-9(13)8-12-7-5-3-4-6-10(12)14/h2-8H2,1H3,(H,11,13). The van der Waals surface area contributed by atoms with Crippen molar-refractivity contribution in [1.29, 1.82) is 0 Å². The van der Waals surface area contributed by atoms with Gasteiger partial charge in [0.1, 0.15) is 0 Å². The van der Waals surface area contributed by atoms with Crippen molar-refractivity contribution in [3.63, 3.8) is 0 Å². The predicted molar refractivity (Wildman–Crippen MR) is 53.7 cm³/mol. The lowest BCUT2D eigenvalue weighted by Gasteiger charge is -2.19. The molecule has 0 saturated carbocycles. The van der Waals surface area contributed by atoms with E-state index < -0.39 is 0 Å². The first-order chi connectivity index (χ1) is 6.74. The van der Waals surface area contributed by atoms with E-state index in [-0.39, 0.29) is 18.4 Å². The molecule has 0 aliphatic carbocycles. The van der Waals surface area contributed by atoms with Crippen LogP contribution < -0.4 is 5.32 Å². The van der Waals surface area contributed by atoms with Gasteiger partial charge in [0.05, 0.1) is 6.54 Å². The van der Waals surface area contributed by atoms with Gasteiger partial charge in [0.25, 0.3) is 0 Å². The number of likely N-dealkylation sites (N-methyl/N-ethyl adjacent to an activating group) is 1. The molecule has 0 aromatic heterocycles. The van der Waals surface area contributed by atoms with Crippen LogP contribution in [0.4, 0.5) is 0 Å². The predicted octanol–water partition coefficient (Wildman–Crippen LogP) is 0.525. The molecule has 1 N–H and O–H groups in total. The summed E-state index contributed by atoms with van der Waals surface area (Å²) < 4.78 is 0. The summed E-state index contributed by atoms with van der Waals surface area (Å²) in [6.45, 7) is 3.46. The summed E-state index contributed by atoms with van der Waals surface area (Å²) in [7, 11) is 0. The summed E-state index contributed by atoms with van der Waals surface area (Å²) >= 11 is 0. The second kappa shape index (κ2) is 5.62. The van der Waals surface area contributed by atoms with E-state index in [1.54, 1.807) is 4.90 Å². The van der Waals surface area contributed by atoms with Gasteiger partial charge in [-0.15, -0.1) is 0 Å². The molecule has 0 spiro atoms. The van der Waals surface area contributed by atoms with Crippen molar-refractivity contribution in [3.8, 4) is 0 Å². The zero-order valence-corrected chi connectivity index (χ0v) is 8.71. The fourth-order valence-electron chi connectivity index (χ4n) is 1.63. The number of amides is 2. The zero-order valence-electron chi connectivity index (χ0n) is 8.71. The maximum absolute atomic E-state index is 11.5. The molecule has 4 nitrogen and oxygen atoms in total. The van der Waals surface area contributed by atoms with Gasteiger partial charge in [0.15, 0.2) is 0 Å². The van der Waals surface area contributed by atoms with E-state index in [2.05, 4.69) is 5.32 Å². The van der Waals surface area contributed by atoms with Crippen molar-refractivity contribution < 1.29 is 9.59 Å². The van der Waals surface area contributed by atoms with Crippen LogP contribution in [-0.4, -0.2) is 36.3 Å². The second-order valence-corrected chi connectivity index (χ2v) is 3.58. The summed E-state index contributed by atoms with van der Waals surface area (Å²) in [6, 6.07) is 0. The van der Waals surface area contributed by atoms with Gasteiger partial charge in [-0.25, -0.2) is 0 Å². The highest BCUT2D eigenvalue weighted by molar-refractivity contribution is 5.84. The van der Waals surface area contributed by atoms with E-state index in [4.69, 9.17) is 0 Å². The molecule has 0 aromatic rings. The zero-order chi connectivity index (χ0) is 10.4. The third kappa shape index (κ3) is 3.36. The molecule has 1 saturated heterocycles. The second-order valence-electron chi connectivity index (χ2n) is 3.58. The minimum absolute atomic E-state index is 0.0530. The highest BCUT2D eigenvalue weighted by atomic mass is 16.2. The monoisotopic (exact) mass is 198 g/mol. The van der Waals surface area contributed by atoms with Crippen LogP contribution in [0, 0.1) is 0 Å². The molecular weight excluding hydrogens is 180 g/mol. The maximum atomic E-state index is 11.5. The van der Waals surface area contributed by atoms with E-state index in [0.29, 0.717) is 13.0 Å². The highest BCUT2D eigenvalue weighted by Gasteiger charge is 2.18. The molecule has 1 aliphatic heterocycles. The molecule has 1 fully saturated rings.